The lowest BCUT2D eigenvalue weighted by Gasteiger charge is -2.27. The van der Waals surface area contributed by atoms with Gasteiger partial charge in [0.2, 0.25) is 0 Å². The van der Waals surface area contributed by atoms with Crippen LogP contribution in [-0.4, -0.2) is 103 Å². The van der Waals surface area contributed by atoms with Crippen molar-refractivity contribution in [3.63, 3.8) is 0 Å². The van der Waals surface area contributed by atoms with Crippen LogP contribution in [0.4, 0.5) is 0 Å². The van der Waals surface area contributed by atoms with E-state index in [-0.39, 0.29) is 30.3 Å². The van der Waals surface area contributed by atoms with Crippen LogP contribution in [0.2, 0.25) is 0 Å². The van der Waals surface area contributed by atoms with Gasteiger partial charge in [-0.15, -0.1) is 0 Å². The van der Waals surface area contributed by atoms with Gasteiger partial charge < -0.3 is 37.9 Å². The van der Waals surface area contributed by atoms with E-state index in [1.54, 1.807) is 6.92 Å². The predicted octanol–water partition coefficient (Wildman–Crippen LogP) is 10.6. The first-order valence-electron chi connectivity index (χ1n) is 22.8. The monoisotopic (exact) mass is 787 g/mol. The Morgan fingerprint density at radius 1 is 0.564 bits per heavy atom. The van der Waals surface area contributed by atoms with Gasteiger partial charge in [-0.05, 0) is 26.7 Å². The molecule has 0 saturated carbocycles. The van der Waals surface area contributed by atoms with Gasteiger partial charge >= 0.3 is 0 Å². The zero-order valence-electron chi connectivity index (χ0n) is 37.5. The summed E-state index contributed by atoms with van der Waals surface area (Å²) < 4.78 is 48.4. The first kappa shape index (κ1) is 52.4. The molecule has 8 atom stereocenters. The molecule has 1 rings (SSSR count). The molecule has 1 aliphatic rings. The molecule has 0 aromatic rings. The Bertz CT molecular complexity index is 874. The molecule has 1 saturated heterocycles. The van der Waals surface area contributed by atoms with E-state index in [0.717, 1.165) is 39.1 Å². The lowest BCUT2D eigenvalue weighted by atomic mass is 10.0. The van der Waals surface area contributed by atoms with Crippen molar-refractivity contribution in [2.75, 3.05) is 79.3 Å². The molecule has 0 bridgehead atoms. The molecule has 1 fully saturated rings. The SMILES string of the molecule is CCCCCCCCCCCCCCCC(OCC(C)COCC(C)COCC(C)COCC(C)COCC(C)COCCC)C1COC(C)(CC(C)=O)O1. The van der Waals surface area contributed by atoms with E-state index >= 15 is 0 Å². The van der Waals surface area contributed by atoms with Crippen LogP contribution in [0.3, 0.4) is 0 Å². The second-order valence-corrected chi connectivity index (χ2v) is 17.6. The molecule has 1 aliphatic heterocycles. The zero-order chi connectivity index (χ0) is 40.6. The second-order valence-electron chi connectivity index (χ2n) is 17.6. The summed E-state index contributed by atoms with van der Waals surface area (Å²) in [7, 11) is 0. The van der Waals surface area contributed by atoms with Crippen molar-refractivity contribution < 1.29 is 42.7 Å². The number of unbranched alkanes of at least 4 members (excludes halogenated alkanes) is 12. The largest absolute Gasteiger partial charge is 0.381 e. The summed E-state index contributed by atoms with van der Waals surface area (Å²) in [4.78, 5) is 11.8. The summed E-state index contributed by atoms with van der Waals surface area (Å²) >= 11 is 0. The molecule has 8 unspecified atom stereocenters. The van der Waals surface area contributed by atoms with Gasteiger partial charge in [0.05, 0.1) is 85.2 Å². The molecule has 0 aliphatic carbocycles. The second kappa shape index (κ2) is 34.2. The lowest BCUT2D eigenvalue weighted by Crippen LogP contribution is -2.36. The Morgan fingerprint density at radius 2 is 0.945 bits per heavy atom. The molecule has 0 N–H and O–H groups in total. The zero-order valence-corrected chi connectivity index (χ0v) is 37.5. The minimum absolute atomic E-state index is 0.0526. The predicted molar refractivity (Wildman–Crippen MR) is 225 cm³/mol. The highest BCUT2D eigenvalue weighted by Crippen LogP contribution is 2.31. The van der Waals surface area contributed by atoms with E-state index < -0.39 is 5.79 Å². The Morgan fingerprint density at radius 3 is 1.35 bits per heavy atom. The first-order chi connectivity index (χ1) is 26.5. The number of rotatable bonds is 40. The topological polar surface area (TPSA) is 90.9 Å². The van der Waals surface area contributed by atoms with Crippen molar-refractivity contribution in [1.82, 2.24) is 0 Å². The summed E-state index contributed by atoms with van der Waals surface area (Å²) in [6.45, 7) is 26.8. The average molecular weight is 787 g/mol. The van der Waals surface area contributed by atoms with Gasteiger partial charge in [-0.3, -0.25) is 4.79 Å². The van der Waals surface area contributed by atoms with Crippen molar-refractivity contribution in [3.05, 3.63) is 0 Å². The number of ketones is 1. The van der Waals surface area contributed by atoms with E-state index in [1.165, 1.54) is 77.0 Å². The summed E-state index contributed by atoms with van der Waals surface area (Å²) in [5.41, 5.74) is 0. The smallest absolute Gasteiger partial charge is 0.173 e. The molecule has 9 heteroatoms. The summed E-state index contributed by atoms with van der Waals surface area (Å²) in [5.74, 6) is 0.868. The molecule has 9 nitrogen and oxygen atoms in total. The number of ether oxygens (including phenoxy) is 8. The van der Waals surface area contributed by atoms with Crippen molar-refractivity contribution in [2.24, 2.45) is 29.6 Å². The Kier molecular flexibility index (Phi) is 32.6. The van der Waals surface area contributed by atoms with Gasteiger partial charge in [-0.2, -0.15) is 0 Å². The maximum atomic E-state index is 11.8. The standard InChI is InChI=1S/C46H90O9/c1-10-12-13-14-15-16-17-18-19-20-21-22-23-24-44(45-37-54-46(9,55-45)26-43(8)47)53-36-42(7)35-52-34-41(6)33-51-32-40(5)31-50-30-39(4)29-49-28-38(3)27-48-25-11-2/h38-42,44-45H,10-37H2,1-9H3. The van der Waals surface area contributed by atoms with Crippen molar-refractivity contribution in [2.45, 2.75) is 183 Å². The first-order valence-corrected chi connectivity index (χ1v) is 22.8. The van der Waals surface area contributed by atoms with Crippen LogP contribution in [0.5, 0.6) is 0 Å². The fourth-order valence-electron chi connectivity index (χ4n) is 6.95. The highest BCUT2D eigenvalue weighted by atomic mass is 16.8. The highest BCUT2D eigenvalue weighted by Gasteiger charge is 2.42. The average Bonchev–Trinajstić information content (AvgIpc) is 3.51. The minimum atomic E-state index is -0.859. The minimum Gasteiger partial charge on any atom is -0.381 e. The normalized spacial score (nSPS) is 20.7. The van der Waals surface area contributed by atoms with E-state index in [1.807, 2.05) is 6.92 Å². The third kappa shape index (κ3) is 30.1. The quantitative estimate of drug-likeness (QED) is 0.0563. The van der Waals surface area contributed by atoms with Crippen LogP contribution in [-0.2, 0) is 42.7 Å². The van der Waals surface area contributed by atoms with E-state index in [9.17, 15) is 4.79 Å². The molecule has 55 heavy (non-hydrogen) atoms. The van der Waals surface area contributed by atoms with Gasteiger partial charge in [0.25, 0.3) is 0 Å². The number of hydrogen-bond acceptors (Lipinski definition) is 9. The summed E-state index contributed by atoms with van der Waals surface area (Å²) in [6, 6.07) is 0. The third-order valence-corrected chi connectivity index (χ3v) is 10.1. The Labute approximate surface area is 339 Å². The molecule has 0 aromatic carbocycles. The Hall–Kier alpha value is -0.650. The molecule has 0 amide bonds. The maximum absolute atomic E-state index is 11.8. The van der Waals surface area contributed by atoms with Crippen molar-refractivity contribution >= 4 is 5.78 Å². The molecule has 0 spiro atoms. The van der Waals surface area contributed by atoms with Gasteiger partial charge in [0.1, 0.15) is 11.9 Å². The van der Waals surface area contributed by atoms with Crippen LogP contribution in [0.15, 0.2) is 0 Å². The van der Waals surface area contributed by atoms with E-state index in [4.69, 9.17) is 37.9 Å². The van der Waals surface area contributed by atoms with Crippen LogP contribution < -0.4 is 0 Å². The molecular formula is C46H90O9. The molecule has 328 valence electrons. The van der Waals surface area contributed by atoms with Gasteiger partial charge in [0.15, 0.2) is 5.79 Å². The van der Waals surface area contributed by atoms with Gasteiger partial charge in [-0.25, -0.2) is 0 Å². The van der Waals surface area contributed by atoms with Gasteiger partial charge in [0, 0.05) is 36.2 Å². The van der Waals surface area contributed by atoms with Crippen LogP contribution in [0.1, 0.15) is 165 Å². The fraction of sp³-hybridized carbons (Fsp3) is 0.978. The van der Waals surface area contributed by atoms with Crippen LogP contribution in [0.25, 0.3) is 0 Å². The van der Waals surface area contributed by atoms with E-state index in [0.29, 0.717) is 83.1 Å². The number of Topliss-reactive ketones (excluding diaryl/α,β-unsaturated/α-hetero) is 1. The Balaban J connectivity index is 2.25. The van der Waals surface area contributed by atoms with Crippen molar-refractivity contribution in [1.29, 1.82) is 0 Å². The fourth-order valence-corrected chi connectivity index (χ4v) is 6.95. The number of carbonyl (C=O) groups is 1. The molecule has 0 radical (unpaired) electrons. The lowest BCUT2D eigenvalue weighted by molar-refractivity contribution is -0.178. The number of hydrogen-bond donors (Lipinski definition) is 0. The number of carbonyl (C=O) groups excluding carboxylic acids is 1. The van der Waals surface area contributed by atoms with Gasteiger partial charge in [-0.1, -0.05) is 132 Å². The molecular weight excluding hydrogens is 696 g/mol. The van der Waals surface area contributed by atoms with Crippen LogP contribution in [0, 0.1) is 29.6 Å². The van der Waals surface area contributed by atoms with E-state index in [2.05, 4.69) is 48.5 Å². The van der Waals surface area contributed by atoms with Crippen LogP contribution >= 0.6 is 0 Å². The summed E-state index contributed by atoms with van der Waals surface area (Å²) in [5, 5.41) is 0. The maximum Gasteiger partial charge on any atom is 0.173 e. The van der Waals surface area contributed by atoms with Crippen molar-refractivity contribution in [3.8, 4) is 0 Å². The summed E-state index contributed by atoms with van der Waals surface area (Å²) in [6.07, 6.45) is 19.4. The molecule has 0 aromatic heterocycles. The third-order valence-electron chi connectivity index (χ3n) is 10.1. The highest BCUT2D eigenvalue weighted by molar-refractivity contribution is 5.76. The molecule has 1 heterocycles.